The molecule has 0 saturated heterocycles. The molecule has 2 aromatic rings. The zero-order valence-corrected chi connectivity index (χ0v) is 12.9. The van der Waals surface area contributed by atoms with Crippen LogP contribution in [0.2, 0.25) is 0 Å². The van der Waals surface area contributed by atoms with Crippen LogP contribution in [-0.2, 0) is 11.2 Å². The molecule has 0 aliphatic rings. The number of nitrogen functional groups attached to an aromatic ring is 1. The first-order valence-corrected chi connectivity index (χ1v) is 7.58. The molecule has 0 aliphatic heterocycles. The third kappa shape index (κ3) is 3.95. The Bertz CT molecular complexity index is 625. The van der Waals surface area contributed by atoms with E-state index >= 15 is 0 Å². The Labute approximate surface area is 127 Å². The summed E-state index contributed by atoms with van der Waals surface area (Å²) in [6.07, 6.45) is 0.787. The van der Waals surface area contributed by atoms with Gasteiger partial charge in [-0.15, -0.1) is 11.3 Å². The molecule has 21 heavy (non-hydrogen) atoms. The summed E-state index contributed by atoms with van der Waals surface area (Å²) in [4.78, 5) is 17.0. The van der Waals surface area contributed by atoms with Gasteiger partial charge in [-0.05, 0) is 32.0 Å². The van der Waals surface area contributed by atoms with Crippen molar-refractivity contribution in [2.75, 3.05) is 18.9 Å². The van der Waals surface area contributed by atoms with Gasteiger partial charge in [0.1, 0.15) is 5.75 Å². The Morgan fingerprint density at radius 2 is 2.24 bits per heavy atom. The molecule has 1 heterocycles. The molecule has 0 atom stereocenters. The van der Waals surface area contributed by atoms with E-state index in [2.05, 4.69) is 4.98 Å². The lowest BCUT2D eigenvalue weighted by atomic mass is 10.2. The average Bonchev–Trinajstić information content (AvgIpc) is 2.86. The summed E-state index contributed by atoms with van der Waals surface area (Å²) in [5, 5.41) is 0. The lowest BCUT2D eigenvalue weighted by Gasteiger charge is -2.10. The highest BCUT2D eigenvalue weighted by Gasteiger charge is 2.10. The number of nitrogens with zero attached hydrogens (tertiary/aromatic N) is 1. The number of thiazole rings is 1. The number of benzene rings is 1. The van der Waals surface area contributed by atoms with Crippen LogP contribution >= 0.6 is 11.3 Å². The third-order valence-corrected chi connectivity index (χ3v) is 3.95. The summed E-state index contributed by atoms with van der Waals surface area (Å²) in [5.41, 5.74) is 9.63. The number of carbonyl (C=O) groups excluding carboxylic acids is 1. The first-order valence-electron chi connectivity index (χ1n) is 6.70. The fourth-order valence-electron chi connectivity index (χ4n) is 1.84. The molecule has 2 rings (SSSR count). The largest absolute Gasteiger partial charge is 0.491 e. The summed E-state index contributed by atoms with van der Waals surface area (Å²) >= 11 is 1.62. The fraction of sp³-hybridized carbons (Fsp3) is 0.333. The van der Waals surface area contributed by atoms with E-state index < -0.39 is 0 Å². The second-order valence-corrected chi connectivity index (χ2v) is 5.37. The van der Waals surface area contributed by atoms with Crippen LogP contribution in [0.3, 0.4) is 0 Å². The van der Waals surface area contributed by atoms with E-state index in [0.717, 1.165) is 12.1 Å². The number of anilines is 1. The number of rotatable bonds is 6. The Hall–Kier alpha value is -2.08. The van der Waals surface area contributed by atoms with E-state index in [-0.39, 0.29) is 5.97 Å². The smallest absolute Gasteiger partial charge is 0.338 e. The highest BCUT2D eigenvalue weighted by Crippen LogP contribution is 2.23. The van der Waals surface area contributed by atoms with E-state index in [1.807, 2.05) is 12.4 Å². The standard InChI is InChI=1S/C15H18N2O3S/c1-3-19-15(18)11-4-5-13(12(16)8-11)20-7-6-14-10(2)17-9-21-14/h4-5,8-9H,3,6-7,16H2,1-2H3. The van der Waals surface area contributed by atoms with Crippen molar-refractivity contribution < 1.29 is 14.3 Å². The lowest BCUT2D eigenvalue weighted by molar-refractivity contribution is 0.0526. The van der Waals surface area contributed by atoms with Crippen LogP contribution < -0.4 is 10.5 Å². The molecule has 2 N–H and O–H groups in total. The van der Waals surface area contributed by atoms with E-state index in [0.29, 0.717) is 30.2 Å². The van der Waals surface area contributed by atoms with Gasteiger partial charge in [0.15, 0.2) is 0 Å². The zero-order chi connectivity index (χ0) is 15.2. The maximum absolute atomic E-state index is 11.6. The molecular weight excluding hydrogens is 288 g/mol. The highest BCUT2D eigenvalue weighted by atomic mass is 32.1. The van der Waals surface area contributed by atoms with Crippen molar-refractivity contribution in [2.45, 2.75) is 20.3 Å². The first-order chi connectivity index (χ1) is 10.1. The van der Waals surface area contributed by atoms with Crippen LogP contribution in [0.5, 0.6) is 5.75 Å². The normalized spacial score (nSPS) is 10.4. The monoisotopic (exact) mass is 306 g/mol. The van der Waals surface area contributed by atoms with Crippen LogP contribution in [-0.4, -0.2) is 24.2 Å². The summed E-state index contributed by atoms with van der Waals surface area (Å²) in [6, 6.07) is 4.92. The minimum atomic E-state index is -0.379. The average molecular weight is 306 g/mol. The minimum Gasteiger partial charge on any atom is -0.491 e. The predicted octanol–water partition coefficient (Wildman–Crippen LogP) is 2.83. The summed E-state index contributed by atoms with van der Waals surface area (Å²) in [5.74, 6) is 0.196. The number of hydrogen-bond donors (Lipinski definition) is 1. The molecule has 0 radical (unpaired) electrons. The SMILES string of the molecule is CCOC(=O)c1ccc(OCCc2scnc2C)c(N)c1. The van der Waals surface area contributed by atoms with Crippen molar-refractivity contribution in [1.29, 1.82) is 0 Å². The van der Waals surface area contributed by atoms with Crippen LogP contribution in [0.15, 0.2) is 23.7 Å². The topological polar surface area (TPSA) is 74.4 Å². The van der Waals surface area contributed by atoms with Gasteiger partial charge in [0.2, 0.25) is 0 Å². The van der Waals surface area contributed by atoms with Gasteiger partial charge in [-0.3, -0.25) is 0 Å². The van der Waals surface area contributed by atoms with Gasteiger partial charge in [0, 0.05) is 11.3 Å². The molecular formula is C15H18N2O3S. The molecule has 0 saturated carbocycles. The number of aryl methyl sites for hydroxylation is 1. The summed E-state index contributed by atoms with van der Waals surface area (Å²) in [7, 11) is 0. The predicted molar refractivity (Wildman–Crippen MR) is 82.9 cm³/mol. The number of hydrogen-bond acceptors (Lipinski definition) is 6. The number of aromatic nitrogens is 1. The summed E-state index contributed by atoms with van der Waals surface area (Å²) in [6.45, 7) is 4.60. The number of esters is 1. The molecule has 0 spiro atoms. The van der Waals surface area contributed by atoms with Crippen LogP contribution in [0.25, 0.3) is 0 Å². The van der Waals surface area contributed by atoms with Gasteiger partial charge in [-0.1, -0.05) is 0 Å². The molecule has 0 bridgehead atoms. The third-order valence-electron chi connectivity index (χ3n) is 2.95. The Kier molecular flexibility index (Phi) is 5.16. The van der Waals surface area contributed by atoms with Gasteiger partial charge in [-0.25, -0.2) is 9.78 Å². The van der Waals surface area contributed by atoms with Crippen LogP contribution in [0, 0.1) is 6.92 Å². The second kappa shape index (κ2) is 7.08. The van der Waals surface area contributed by atoms with E-state index in [1.54, 1.807) is 36.5 Å². The van der Waals surface area contributed by atoms with E-state index in [1.165, 1.54) is 4.88 Å². The molecule has 1 aromatic carbocycles. The fourth-order valence-corrected chi connectivity index (χ4v) is 2.60. The Morgan fingerprint density at radius 1 is 1.43 bits per heavy atom. The van der Waals surface area contributed by atoms with Crippen molar-refractivity contribution in [1.82, 2.24) is 4.98 Å². The molecule has 6 heteroatoms. The van der Waals surface area contributed by atoms with E-state index in [4.69, 9.17) is 15.2 Å². The number of carbonyl (C=O) groups is 1. The van der Waals surface area contributed by atoms with E-state index in [9.17, 15) is 4.79 Å². The number of ether oxygens (including phenoxy) is 2. The zero-order valence-electron chi connectivity index (χ0n) is 12.1. The summed E-state index contributed by atoms with van der Waals surface area (Å²) < 4.78 is 10.6. The Balaban J connectivity index is 1.95. The maximum Gasteiger partial charge on any atom is 0.338 e. The molecule has 0 aliphatic carbocycles. The second-order valence-electron chi connectivity index (χ2n) is 4.43. The molecule has 112 valence electrons. The lowest BCUT2D eigenvalue weighted by Crippen LogP contribution is -2.07. The van der Waals surface area contributed by atoms with Crippen molar-refractivity contribution in [3.05, 3.63) is 39.8 Å². The van der Waals surface area contributed by atoms with Crippen molar-refractivity contribution in [3.8, 4) is 5.75 Å². The van der Waals surface area contributed by atoms with Gasteiger partial charge in [-0.2, -0.15) is 0 Å². The van der Waals surface area contributed by atoms with Gasteiger partial charge in [0.25, 0.3) is 0 Å². The highest BCUT2D eigenvalue weighted by molar-refractivity contribution is 7.09. The van der Waals surface area contributed by atoms with Crippen molar-refractivity contribution in [3.63, 3.8) is 0 Å². The van der Waals surface area contributed by atoms with Gasteiger partial charge >= 0.3 is 5.97 Å². The molecule has 5 nitrogen and oxygen atoms in total. The minimum absolute atomic E-state index is 0.338. The van der Waals surface area contributed by atoms with Gasteiger partial charge in [0.05, 0.1) is 35.7 Å². The van der Waals surface area contributed by atoms with Crippen molar-refractivity contribution in [2.24, 2.45) is 0 Å². The number of nitrogens with two attached hydrogens (primary N) is 1. The first kappa shape index (κ1) is 15.3. The Morgan fingerprint density at radius 3 is 2.86 bits per heavy atom. The van der Waals surface area contributed by atoms with Crippen molar-refractivity contribution >= 4 is 23.0 Å². The van der Waals surface area contributed by atoms with Gasteiger partial charge < -0.3 is 15.2 Å². The molecule has 0 unspecified atom stereocenters. The van der Waals surface area contributed by atoms with Crippen LogP contribution in [0.4, 0.5) is 5.69 Å². The van der Waals surface area contributed by atoms with Crippen LogP contribution in [0.1, 0.15) is 27.9 Å². The molecule has 0 amide bonds. The molecule has 0 fully saturated rings. The maximum atomic E-state index is 11.6. The quantitative estimate of drug-likeness (QED) is 0.656. The molecule has 1 aromatic heterocycles.